The van der Waals surface area contributed by atoms with Crippen molar-refractivity contribution in [3.63, 3.8) is 0 Å². The van der Waals surface area contributed by atoms with Gasteiger partial charge in [0.15, 0.2) is 0 Å². The van der Waals surface area contributed by atoms with Crippen LogP contribution in [-0.2, 0) is 0 Å². The number of hydrogen-bond donors (Lipinski definition) is 1. The summed E-state index contributed by atoms with van der Waals surface area (Å²) in [5.74, 6) is -0.858. The van der Waals surface area contributed by atoms with Gasteiger partial charge < -0.3 is 5.11 Å². The van der Waals surface area contributed by atoms with E-state index in [1.165, 1.54) is 11.8 Å². The molecule has 0 amide bonds. The van der Waals surface area contributed by atoms with Gasteiger partial charge in [0.2, 0.25) is 0 Å². The molecule has 2 nitrogen and oxygen atoms in total. The molecule has 0 spiro atoms. The highest BCUT2D eigenvalue weighted by molar-refractivity contribution is 7.98. The second-order valence-electron chi connectivity index (χ2n) is 2.46. The van der Waals surface area contributed by atoms with Crippen molar-refractivity contribution in [2.75, 3.05) is 6.26 Å². The summed E-state index contributed by atoms with van der Waals surface area (Å²) in [7, 11) is 0. The van der Waals surface area contributed by atoms with Crippen molar-refractivity contribution in [2.45, 2.75) is 11.8 Å². The first-order valence-corrected chi connectivity index (χ1v) is 4.76. The molecular formula is C9H10O2S. The third-order valence-electron chi connectivity index (χ3n) is 1.65. The minimum atomic E-state index is -0.858. The molecule has 0 heterocycles. The molecule has 1 N–H and O–H groups in total. The Morgan fingerprint density at radius 3 is 2.58 bits per heavy atom. The quantitative estimate of drug-likeness (QED) is 0.714. The van der Waals surface area contributed by atoms with E-state index in [1.54, 1.807) is 12.1 Å². The molecule has 0 aliphatic carbocycles. The average molecular weight is 182 g/mol. The lowest BCUT2D eigenvalue weighted by Gasteiger charge is -2.05. The standard InChI is InChI=1S/C9H10O2S/c1-6-4-3-5-7(9(10)11)8(6)12-2/h3-5H,1-2H3,(H,10,11). The first kappa shape index (κ1) is 9.13. The summed E-state index contributed by atoms with van der Waals surface area (Å²) in [5.41, 5.74) is 1.41. The Kier molecular flexibility index (Phi) is 2.76. The number of aromatic carboxylic acids is 1. The molecule has 64 valence electrons. The SMILES string of the molecule is CSc1c(C)cccc1C(=O)O. The number of hydrogen-bond acceptors (Lipinski definition) is 2. The summed E-state index contributed by atoms with van der Waals surface area (Å²) in [6.45, 7) is 1.91. The van der Waals surface area contributed by atoms with Gasteiger partial charge in [0.1, 0.15) is 0 Å². The zero-order valence-corrected chi connectivity index (χ0v) is 7.81. The molecule has 1 aromatic rings. The van der Waals surface area contributed by atoms with Crippen LogP contribution in [0.25, 0.3) is 0 Å². The molecule has 0 atom stereocenters. The van der Waals surface area contributed by atoms with E-state index in [-0.39, 0.29) is 0 Å². The molecule has 0 unspecified atom stereocenters. The first-order valence-electron chi connectivity index (χ1n) is 3.53. The Hall–Kier alpha value is -0.960. The third kappa shape index (κ3) is 1.61. The topological polar surface area (TPSA) is 37.3 Å². The van der Waals surface area contributed by atoms with Crippen molar-refractivity contribution in [3.05, 3.63) is 29.3 Å². The summed E-state index contributed by atoms with van der Waals surface area (Å²) >= 11 is 1.47. The Morgan fingerprint density at radius 2 is 2.17 bits per heavy atom. The lowest BCUT2D eigenvalue weighted by molar-refractivity contribution is 0.0693. The lowest BCUT2D eigenvalue weighted by Crippen LogP contribution is -1.99. The van der Waals surface area contributed by atoms with Crippen LogP contribution in [-0.4, -0.2) is 17.3 Å². The van der Waals surface area contributed by atoms with Gasteiger partial charge in [0.25, 0.3) is 0 Å². The van der Waals surface area contributed by atoms with Crippen molar-refractivity contribution < 1.29 is 9.90 Å². The van der Waals surface area contributed by atoms with Crippen LogP contribution in [0.15, 0.2) is 23.1 Å². The van der Waals surface area contributed by atoms with Crippen molar-refractivity contribution >= 4 is 17.7 Å². The van der Waals surface area contributed by atoms with Gasteiger partial charge >= 0.3 is 5.97 Å². The summed E-state index contributed by atoms with van der Waals surface area (Å²) in [4.78, 5) is 11.6. The first-order chi connectivity index (χ1) is 5.66. The van der Waals surface area contributed by atoms with Crippen LogP contribution in [0.2, 0.25) is 0 Å². The van der Waals surface area contributed by atoms with Gasteiger partial charge in [-0.15, -0.1) is 11.8 Å². The van der Waals surface area contributed by atoms with Crippen LogP contribution < -0.4 is 0 Å². The molecule has 0 bridgehead atoms. The second-order valence-corrected chi connectivity index (χ2v) is 3.28. The maximum atomic E-state index is 10.7. The highest BCUT2D eigenvalue weighted by atomic mass is 32.2. The molecule has 3 heteroatoms. The summed E-state index contributed by atoms with van der Waals surface area (Å²) in [6, 6.07) is 5.30. The van der Waals surface area contributed by atoms with Gasteiger partial charge in [-0.2, -0.15) is 0 Å². The Balaban J connectivity index is 3.27. The maximum absolute atomic E-state index is 10.7. The normalized spacial score (nSPS) is 9.83. The van der Waals surface area contributed by atoms with E-state index in [1.807, 2.05) is 19.2 Å². The smallest absolute Gasteiger partial charge is 0.336 e. The van der Waals surface area contributed by atoms with Crippen LogP contribution in [0.4, 0.5) is 0 Å². The molecular weight excluding hydrogens is 172 g/mol. The van der Waals surface area contributed by atoms with Gasteiger partial charge in [-0.3, -0.25) is 0 Å². The number of carboxylic acids is 1. The Bertz CT molecular complexity index is 307. The van der Waals surface area contributed by atoms with Gasteiger partial charge in [0, 0.05) is 4.90 Å². The fourth-order valence-electron chi connectivity index (χ4n) is 1.09. The molecule has 1 aromatic carbocycles. The van der Waals surface area contributed by atoms with E-state index >= 15 is 0 Å². The highest BCUT2D eigenvalue weighted by Crippen LogP contribution is 2.24. The van der Waals surface area contributed by atoms with Gasteiger partial charge in [-0.05, 0) is 24.8 Å². The van der Waals surface area contributed by atoms with Gasteiger partial charge in [-0.1, -0.05) is 12.1 Å². The van der Waals surface area contributed by atoms with Crippen molar-refractivity contribution in [2.24, 2.45) is 0 Å². The Labute approximate surface area is 75.6 Å². The van der Waals surface area contributed by atoms with Crippen LogP contribution in [0, 0.1) is 6.92 Å². The fraction of sp³-hybridized carbons (Fsp3) is 0.222. The van der Waals surface area contributed by atoms with E-state index in [2.05, 4.69) is 0 Å². The molecule has 0 aliphatic heterocycles. The van der Waals surface area contributed by atoms with Crippen molar-refractivity contribution in [1.29, 1.82) is 0 Å². The monoisotopic (exact) mass is 182 g/mol. The molecule has 0 fully saturated rings. The van der Waals surface area contributed by atoms with E-state index < -0.39 is 5.97 Å². The second kappa shape index (κ2) is 3.63. The fourth-order valence-corrected chi connectivity index (χ4v) is 1.86. The van der Waals surface area contributed by atoms with E-state index in [9.17, 15) is 4.79 Å². The molecule has 12 heavy (non-hydrogen) atoms. The highest BCUT2D eigenvalue weighted by Gasteiger charge is 2.09. The molecule has 0 saturated carbocycles. The maximum Gasteiger partial charge on any atom is 0.336 e. The minimum Gasteiger partial charge on any atom is -0.478 e. The summed E-state index contributed by atoms with van der Waals surface area (Å²) in [5, 5.41) is 8.81. The average Bonchev–Trinajstić information content (AvgIpc) is 2.03. The minimum absolute atomic E-state index is 0.391. The molecule has 0 saturated heterocycles. The number of rotatable bonds is 2. The summed E-state index contributed by atoms with van der Waals surface area (Å²) in [6.07, 6.45) is 1.88. The number of carboxylic acid groups (broad SMARTS) is 1. The van der Waals surface area contributed by atoms with Crippen molar-refractivity contribution in [3.8, 4) is 0 Å². The van der Waals surface area contributed by atoms with Crippen LogP contribution in [0.5, 0.6) is 0 Å². The predicted octanol–water partition coefficient (Wildman–Crippen LogP) is 2.42. The zero-order valence-electron chi connectivity index (χ0n) is 7.00. The molecule has 0 aromatic heterocycles. The molecule has 1 rings (SSSR count). The van der Waals surface area contributed by atoms with E-state index in [4.69, 9.17) is 5.11 Å². The van der Waals surface area contributed by atoms with Crippen LogP contribution >= 0.6 is 11.8 Å². The third-order valence-corrected chi connectivity index (χ3v) is 2.60. The van der Waals surface area contributed by atoms with Crippen LogP contribution in [0.3, 0.4) is 0 Å². The Morgan fingerprint density at radius 1 is 1.50 bits per heavy atom. The lowest BCUT2D eigenvalue weighted by atomic mass is 10.1. The number of benzene rings is 1. The largest absolute Gasteiger partial charge is 0.478 e. The van der Waals surface area contributed by atoms with E-state index in [0.29, 0.717) is 5.56 Å². The number of thioether (sulfide) groups is 1. The zero-order chi connectivity index (χ0) is 9.14. The number of aryl methyl sites for hydroxylation is 1. The summed E-state index contributed by atoms with van der Waals surface area (Å²) < 4.78 is 0. The van der Waals surface area contributed by atoms with Gasteiger partial charge in [0.05, 0.1) is 5.56 Å². The molecule has 0 radical (unpaired) electrons. The van der Waals surface area contributed by atoms with Crippen LogP contribution in [0.1, 0.15) is 15.9 Å². The van der Waals surface area contributed by atoms with Gasteiger partial charge in [-0.25, -0.2) is 4.79 Å². The number of carbonyl (C=O) groups is 1. The molecule has 0 aliphatic rings. The van der Waals surface area contributed by atoms with E-state index in [0.717, 1.165) is 10.5 Å². The van der Waals surface area contributed by atoms with Crippen molar-refractivity contribution in [1.82, 2.24) is 0 Å². The predicted molar refractivity (Wildman–Crippen MR) is 49.9 cm³/mol.